The molecule has 1 aromatic carbocycles. The summed E-state index contributed by atoms with van der Waals surface area (Å²) in [4.78, 5) is 18.3. The summed E-state index contributed by atoms with van der Waals surface area (Å²) in [6.07, 6.45) is 2.33. The standard InChI is InChI=1S/C16H19N3O2S/c20-16(19-8-10-22-11-9-19)17-7-6-14-12-21-15(18-14)13-4-2-1-3-5-13/h1-5,12H,6-11H2,(H,17,20). The molecule has 0 saturated carbocycles. The van der Waals surface area contributed by atoms with Crippen LogP contribution in [0.4, 0.5) is 4.79 Å². The number of hydrogen-bond donors (Lipinski definition) is 1. The molecule has 1 aliphatic heterocycles. The van der Waals surface area contributed by atoms with Gasteiger partial charge in [-0.05, 0) is 12.1 Å². The maximum Gasteiger partial charge on any atom is 0.317 e. The number of benzene rings is 1. The summed E-state index contributed by atoms with van der Waals surface area (Å²) in [5.74, 6) is 2.67. The van der Waals surface area contributed by atoms with Crippen molar-refractivity contribution in [2.45, 2.75) is 6.42 Å². The molecule has 0 radical (unpaired) electrons. The highest BCUT2D eigenvalue weighted by Gasteiger charge is 2.16. The summed E-state index contributed by atoms with van der Waals surface area (Å²) in [6.45, 7) is 2.24. The minimum Gasteiger partial charge on any atom is -0.444 e. The molecule has 0 bridgehead atoms. The van der Waals surface area contributed by atoms with Crippen LogP contribution in [0.1, 0.15) is 5.69 Å². The highest BCUT2D eigenvalue weighted by Crippen LogP contribution is 2.17. The molecule has 1 fully saturated rings. The van der Waals surface area contributed by atoms with Crippen LogP contribution in [-0.2, 0) is 6.42 Å². The summed E-state index contributed by atoms with van der Waals surface area (Å²) >= 11 is 1.89. The maximum absolute atomic E-state index is 12.0. The van der Waals surface area contributed by atoms with E-state index in [0.717, 1.165) is 35.9 Å². The number of hydrogen-bond acceptors (Lipinski definition) is 4. The summed E-state index contributed by atoms with van der Waals surface area (Å²) < 4.78 is 5.49. The van der Waals surface area contributed by atoms with Crippen molar-refractivity contribution in [2.75, 3.05) is 31.1 Å². The molecule has 1 N–H and O–H groups in total. The zero-order valence-electron chi connectivity index (χ0n) is 12.3. The molecule has 22 heavy (non-hydrogen) atoms. The Morgan fingerprint density at radius 2 is 2.05 bits per heavy atom. The molecule has 0 aliphatic carbocycles. The minimum absolute atomic E-state index is 0.0204. The lowest BCUT2D eigenvalue weighted by atomic mass is 10.2. The molecule has 5 nitrogen and oxygen atoms in total. The first-order valence-corrected chi connectivity index (χ1v) is 8.59. The predicted octanol–water partition coefficient (Wildman–Crippen LogP) is 2.64. The van der Waals surface area contributed by atoms with Gasteiger partial charge < -0.3 is 14.6 Å². The SMILES string of the molecule is O=C(NCCc1coc(-c2ccccc2)n1)N1CCSCC1. The molecule has 2 aromatic rings. The van der Waals surface area contributed by atoms with E-state index in [-0.39, 0.29) is 6.03 Å². The van der Waals surface area contributed by atoms with Crippen molar-refractivity contribution in [1.82, 2.24) is 15.2 Å². The van der Waals surface area contributed by atoms with E-state index in [2.05, 4.69) is 10.3 Å². The zero-order chi connectivity index (χ0) is 15.2. The molecule has 0 spiro atoms. The van der Waals surface area contributed by atoms with E-state index in [0.29, 0.717) is 18.9 Å². The molecule has 0 unspecified atom stereocenters. The highest BCUT2D eigenvalue weighted by molar-refractivity contribution is 7.99. The van der Waals surface area contributed by atoms with Gasteiger partial charge in [0.25, 0.3) is 0 Å². The Hall–Kier alpha value is -1.95. The zero-order valence-corrected chi connectivity index (χ0v) is 13.1. The van der Waals surface area contributed by atoms with Crippen molar-refractivity contribution in [3.63, 3.8) is 0 Å². The summed E-state index contributed by atoms with van der Waals surface area (Å²) in [5.41, 5.74) is 1.82. The van der Waals surface area contributed by atoms with Crippen molar-refractivity contribution >= 4 is 17.8 Å². The van der Waals surface area contributed by atoms with Gasteiger partial charge in [-0.25, -0.2) is 9.78 Å². The van der Waals surface area contributed by atoms with E-state index in [4.69, 9.17) is 4.42 Å². The van der Waals surface area contributed by atoms with Crippen LogP contribution >= 0.6 is 11.8 Å². The Morgan fingerprint density at radius 1 is 1.27 bits per heavy atom. The quantitative estimate of drug-likeness (QED) is 0.942. The van der Waals surface area contributed by atoms with E-state index in [1.54, 1.807) is 6.26 Å². The molecule has 116 valence electrons. The van der Waals surface area contributed by atoms with E-state index >= 15 is 0 Å². The number of rotatable bonds is 4. The van der Waals surface area contributed by atoms with Crippen molar-refractivity contribution < 1.29 is 9.21 Å². The third-order valence-corrected chi connectivity index (χ3v) is 4.47. The van der Waals surface area contributed by atoms with Gasteiger partial charge in [0.1, 0.15) is 6.26 Å². The number of carbonyl (C=O) groups is 1. The Bertz CT molecular complexity index is 609. The molecular formula is C16H19N3O2S. The van der Waals surface area contributed by atoms with Gasteiger partial charge in [-0.3, -0.25) is 0 Å². The summed E-state index contributed by atoms with van der Waals surface area (Å²) in [7, 11) is 0. The Balaban J connectivity index is 1.48. The van der Waals surface area contributed by atoms with E-state index < -0.39 is 0 Å². The Morgan fingerprint density at radius 3 is 2.82 bits per heavy atom. The second-order valence-corrected chi connectivity index (χ2v) is 6.32. The highest BCUT2D eigenvalue weighted by atomic mass is 32.2. The number of nitrogens with one attached hydrogen (secondary N) is 1. The van der Waals surface area contributed by atoms with Crippen molar-refractivity contribution in [2.24, 2.45) is 0 Å². The Kier molecular flexibility index (Phi) is 5.00. The monoisotopic (exact) mass is 317 g/mol. The van der Waals surface area contributed by atoms with Crippen LogP contribution in [0.25, 0.3) is 11.5 Å². The van der Waals surface area contributed by atoms with Gasteiger partial charge in [0.15, 0.2) is 0 Å². The first kappa shape index (κ1) is 15.0. The van der Waals surface area contributed by atoms with Gasteiger partial charge in [-0.15, -0.1) is 0 Å². The average molecular weight is 317 g/mol. The van der Waals surface area contributed by atoms with Crippen LogP contribution in [0, 0.1) is 0 Å². The van der Waals surface area contributed by atoms with Crippen LogP contribution in [0.15, 0.2) is 41.0 Å². The first-order valence-electron chi connectivity index (χ1n) is 7.43. The van der Waals surface area contributed by atoms with Gasteiger partial charge in [0, 0.05) is 43.1 Å². The molecule has 3 rings (SSSR count). The topological polar surface area (TPSA) is 58.4 Å². The maximum atomic E-state index is 12.0. The summed E-state index contributed by atoms with van der Waals surface area (Å²) in [5, 5.41) is 2.95. The van der Waals surface area contributed by atoms with Gasteiger partial charge >= 0.3 is 6.03 Å². The fraction of sp³-hybridized carbons (Fsp3) is 0.375. The van der Waals surface area contributed by atoms with E-state index in [1.807, 2.05) is 47.0 Å². The molecule has 1 aromatic heterocycles. The lowest BCUT2D eigenvalue weighted by Gasteiger charge is -2.26. The van der Waals surface area contributed by atoms with Gasteiger partial charge in [-0.1, -0.05) is 18.2 Å². The fourth-order valence-electron chi connectivity index (χ4n) is 2.31. The third-order valence-electron chi connectivity index (χ3n) is 3.53. The number of amides is 2. The number of aromatic nitrogens is 1. The van der Waals surface area contributed by atoms with Crippen molar-refractivity contribution in [3.8, 4) is 11.5 Å². The number of urea groups is 1. The molecule has 1 saturated heterocycles. The van der Waals surface area contributed by atoms with E-state index in [1.165, 1.54) is 0 Å². The van der Waals surface area contributed by atoms with Gasteiger partial charge in [0.05, 0.1) is 5.69 Å². The van der Waals surface area contributed by atoms with Crippen molar-refractivity contribution in [3.05, 3.63) is 42.3 Å². The van der Waals surface area contributed by atoms with Crippen LogP contribution < -0.4 is 5.32 Å². The second-order valence-electron chi connectivity index (χ2n) is 5.09. The molecular weight excluding hydrogens is 298 g/mol. The third kappa shape index (κ3) is 3.82. The minimum atomic E-state index is 0.0204. The second kappa shape index (κ2) is 7.35. The summed E-state index contributed by atoms with van der Waals surface area (Å²) in [6, 6.07) is 9.82. The van der Waals surface area contributed by atoms with E-state index in [9.17, 15) is 4.79 Å². The predicted molar refractivity (Wildman–Crippen MR) is 87.9 cm³/mol. The van der Waals surface area contributed by atoms with Crippen LogP contribution in [0.2, 0.25) is 0 Å². The van der Waals surface area contributed by atoms with Gasteiger partial charge in [-0.2, -0.15) is 11.8 Å². The largest absolute Gasteiger partial charge is 0.444 e. The smallest absolute Gasteiger partial charge is 0.317 e. The number of nitrogens with zero attached hydrogens (tertiary/aromatic N) is 2. The van der Waals surface area contributed by atoms with Crippen molar-refractivity contribution in [1.29, 1.82) is 0 Å². The average Bonchev–Trinajstić information content (AvgIpc) is 3.05. The molecule has 6 heteroatoms. The normalized spacial score (nSPS) is 14.8. The molecule has 1 aliphatic rings. The number of thioether (sulfide) groups is 1. The lowest BCUT2D eigenvalue weighted by molar-refractivity contribution is 0.203. The van der Waals surface area contributed by atoms with Gasteiger partial charge in [0.2, 0.25) is 5.89 Å². The molecule has 2 amide bonds. The molecule has 2 heterocycles. The number of carbonyl (C=O) groups excluding carboxylic acids is 1. The van der Waals surface area contributed by atoms with Crippen LogP contribution in [0.5, 0.6) is 0 Å². The van der Waals surface area contributed by atoms with Crippen LogP contribution in [-0.4, -0.2) is 47.1 Å². The lowest BCUT2D eigenvalue weighted by Crippen LogP contribution is -2.44. The number of oxazole rings is 1. The first-order chi connectivity index (χ1) is 10.8. The Labute approximate surface area is 134 Å². The fourth-order valence-corrected chi connectivity index (χ4v) is 3.21. The molecule has 0 atom stereocenters. The van der Waals surface area contributed by atoms with Crippen LogP contribution in [0.3, 0.4) is 0 Å².